The highest BCUT2D eigenvalue weighted by atomic mass is 79.9. The molecular weight excluding hydrogens is 334 g/mol. The Kier molecular flexibility index (Phi) is 4.58. The van der Waals surface area contributed by atoms with E-state index in [1.807, 2.05) is 7.05 Å². The highest BCUT2D eigenvalue weighted by molar-refractivity contribution is 9.11. The minimum atomic E-state index is 0.337. The summed E-state index contributed by atoms with van der Waals surface area (Å²) in [5.74, 6) is 0. The number of thiophene rings is 1. The van der Waals surface area contributed by atoms with E-state index in [0.29, 0.717) is 12.1 Å². The van der Waals surface area contributed by atoms with Gasteiger partial charge in [-0.3, -0.25) is 4.68 Å². The second-order valence-electron chi connectivity index (χ2n) is 5.45. The molecule has 2 aromatic heterocycles. The Morgan fingerprint density at radius 3 is 2.95 bits per heavy atom. The summed E-state index contributed by atoms with van der Waals surface area (Å²) >= 11 is 5.27. The number of nitrogens with zero attached hydrogens (tertiary/aromatic N) is 2. The lowest BCUT2D eigenvalue weighted by Gasteiger charge is -2.13. The fourth-order valence-electron chi connectivity index (χ4n) is 2.96. The van der Waals surface area contributed by atoms with Crippen LogP contribution in [0.25, 0.3) is 0 Å². The SMILES string of the molecule is CNC(Cc1ccn(C2CCCC2)n1)c1csc(Br)c1. The number of halogens is 1. The monoisotopic (exact) mass is 353 g/mol. The third kappa shape index (κ3) is 3.15. The molecule has 5 heteroatoms. The molecular formula is C15H20BrN3S. The van der Waals surface area contributed by atoms with E-state index in [0.717, 1.165) is 6.42 Å². The number of likely N-dealkylation sites (N-methyl/N-ethyl adjacent to an activating group) is 1. The third-order valence-electron chi connectivity index (χ3n) is 4.11. The molecule has 20 heavy (non-hydrogen) atoms. The lowest BCUT2D eigenvalue weighted by molar-refractivity contribution is 0.459. The molecule has 3 nitrogen and oxygen atoms in total. The molecule has 1 aliphatic carbocycles. The maximum atomic E-state index is 4.78. The Morgan fingerprint density at radius 2 is 2.30 bits per heavy atom. The van der Waals surface area contributed by atoms with Gasteiger partial charge in [-0.05, 0) is 58.9 Å². The first-order valence-corrected chi connectivity index (χ1v) is 8.89. The Labute approximate surface area is 132 Å². The molecule has 1 unspecified atom stereocenters. The molecule has 0 saturated heterocycles. The maximum Gasteiger partial charge on any atom is 0.0701 e. The first-order chi connectivity index (χ1) is 9.76. The van der Waals surface area contributed by atoms with Crippen molar-refractivity contribution in [1.82, 2.24) is 15.1 Å². The quantitative estimate of drug-likeness (QED) is 0.866. The normalized spacial score (nSPS) is 17.7. The Morgan fingerprint density at radius 1 is 1.50 bits per heavy atom. The summed E-state index contributed by atoms with van der Waals surface area (Å²) in [5.41, 5.74) is 2.51. The van der Waals surface area contributed by atoms with Gasteiger partial charge < -0.3 is 5.32 Å². The fraction of sp³-hybridized carbons (Fsp3) is 0.533. The lowest BCUT2D eigenvalue weighted by Crippen LogP contribution is -2.18. The van der Waals surface area contributed by atoms with E-state index in [4.69, 9.17) is 5.10 Å². The van der Waals surface area contributed by atoms with Crippen LogP contribution in [0.5, 0.6) is 0 Å². The van der Waals surface area contributed by atoms with Crippen LogP contribution in [0, 0.1) is 0 Å². The summed E-state index contributed by atoms with van der Waals surface area (Å²) in [7, 11) is 2.02. The standard InChI is InChI=1S/C15H20BrN3S/c1-17-14(11-8-15(16)20-10-11)9-12-6-7-19(18-12)13-4-2-3-5-13/h6-8,10,13-14,17H,2-5,9H2,1H3. The van der Waals surface area contributed by atoms with Gasteiger partial charge >= 0.3 is 0 Å². The molecule has 108 valence electrons. The van der Waals surface area contributed by atoms with Crippen LogP contribution in [-0.2, 0) is 6.42 Å². The van der Waals surface area contributed by atoms with E-state index in [9.17, 15) is 0 Å². The van der Waals surface area contributed by atoms with Crippen LogP contribution in [0.1, 0.15) is 49.0 Å². The number of hydrogen-bond acceptors (Lipinski definition) is 3. The van der Waals surface area contributed by atoms with Gasteiger partial charge in [0.15, 0.2) is 0 Å². The van der Waals surface area contributed by atoms with Crippen LogP contribution < -0.4 is 5.32 Å². The minimum absolute atomic E-state index is 0.337. The largest absolute Gasteiger partial charge is 0.313 e. The van der Waals surface area contributed by atoms with Gasteiger partial charge in [0.05, 0.1) is 15.5 Å². The molecule has 0 aromatic carbocycles. The Bertz CT molecular complexity index is 557. The first kappa shape index (κ1) is 14.3. The highest BCUT2D eigenvalue weighted by Gasteiger charge is 2.19. The van der Waals surface area contributed by atoms with Gasteiger partial charge in [0.25, 0.3) is 0 Å². The third-order valence-corrected chi connectivity index (χ3v) is 5.64. The van der Waals surface area contributed by atoms with Gasteiger partial charge in [-0.1, -0.05) is 12.8 Å². The molecule has 0 amide bonds. The molecule has 1 saturated carbocycles. The molecule has 2 heterocycles. The van der Waals surface area contributed by atoms with Crippen LogP contribution in [-0.4, -0.2) is 16.8 Å². The second-order valence-corrected chi connectivity index (χ2v) is 7.75. The summed E-state index contributed by atoms with van der Waals surface area (Å²) in [6, 6.07) is 5.33. The predicted molar refractivity (Wildman–Crippen MR) is 87.3 cm³/mol. The van der Waals surface area contributed by atoms with Gasteiger partial charge in [0.2, 0.25) is 0 Å². The lowest BCUT2D eigenvalue weighted by atomic mass is 10.1. The average molecular weight is 354 g/mol. The van der Waals surface area contributed by atoms with Crippen molar-refractivity contribution in [2.45, 2.75) is 44.2 Å². The summed E-state index contributed by atoms with van der Waals surface area (Å²) in [6.45, 7) is 0. The smallest absolute Gasteiger partial charge is 0.0701 e. The molecule has 1 N–H and O–H groups in total. The van der Waals surface area contributed by atoms with E-state index in [1.165, 1.54) is 40.7 Å². The van der Waals surface area contributed by atoms with Crippen molar-refractivity contribution in [2.24, 2.45) is 0 Å². The number of aromatic nitrogens is 2. The Balaban J connectivity index is 1.69. The number of nitrogens with one attached hydrogen (secondary N) is 1. The fourth-order valence-corrected chi connectivity index (χ4v) is 4.19. The minimum Gasteiger partial charge on any atom is -0.313 e. The van der Waals surface area contributed by atoms with Crippen molar-refractivity contribution in [3.05, 3.63) is 38.8 Å². The van der Waals surface area contributed by atoms with Gasteiger partial charge in [0.1, 0.15) is 0 Å². The number of rotatable bonds is 5. The molecule has 0 spiro atoms. The molecule has 2 aromatic rings. The van der Waals surface area contributed by atoms with E-state index in [2.05, 4.69) is 49.6 Å². The molecule has 0 radical (unpaired) electrons. The van der Waals surface area contributed by atoms with E-state index >= 15 is 0 Å². The molecule has 1 aliphatic rings. The van der Waals surface area contributed by atoms with Crippen molar-refractivity contribution in [3.63, 3.8) is 0 Å². The van der Waals surface area contributed by atoms with Crippen LogP contribution >= 0.6 is 27.3 Å². The number of hydrogen-bond donors (Lipinski definition) is 1. The van der Waals surface area contributed by atoms with Crippen LogP contribution in [0.4, 0.5) is 0 Å². The summed E-state index contributed by atoms with van der Waals surface area (Å²) < 4.78 is 3.36. The van der Waals surface area contributed by atoms with Gasteiger partial charge in [-0.2, -0.15) is 5.10 Å². The zero-order valence-electron chi connectivity index (χ0n) is 11.7. The van der Waals surface area contributed by atoms with Crippen molar-refractivity contribution in [3.8, 4) is 0 Å². The maximum absolute atomic E-state index is 4.78. The average Bonchev–Trinajstić information content (AvgIpc) is 3.16. The molecule has 3 rings (SSSR count). The highest BCUT2D eigenvalue weighted by Crippen LogP contribution is 2.30. The second kappa shape index (κ2) is 6.41. The molecule has 1 fully saturated rings. The van der Waals surface area contributed by atoms with Gasteiger partial charge in [-0.25, -0.2) is 0 Å². The zero-order chi connectivity index (χ0) is 13.9. The topological polar surface area (TPSA) is 29.9 Å². The van der Waals surface area contributed by atoms with Gasteiger partial charge in [-0.15, -0.1) is 11.3 Å². The predicted octanol–water partition coefficient (Wildman–Crippen LogP) is 4.33. The molecule has 0 aliphatic heterocycles. The van der Waals surface area contributed by atoms with Crippen molar-refractivity contribution in [2.75, 3.05) is 7.05 Å². The summed E-state index contributed by atoms with van der Waals surface area (Å²) in [5, 5.41) is 10.4. The van der Waals surface area contributed by atoms with Crippen molar-refractivity contribution >= 4 is 27.3 Å². The zero-order valence-corrected chi connectivity index (χ0v) is 14.1. The van der Waals surface area contributed by atoms with E-state index < -0.39 is 0 Å². The Hall–Kier alpha value is -0.650. The van der Waals surface area contributed by atoms with E-state index in [1.54, 1.807) is 11.3 Å². The van der Waals surface area contributed by atoms with Crippen LogP contribution in [0.2, 0.25) is 0 Å². The first-order valence-electron chi connectivity index (χ1n) is 7.21. The molecule has 1 atom stereocenters. The van der Waals surface area contributed by atoms with Crippen molar-refractivity contribution in [1.29, 1.82) is 0 Å². The summed E-state index contributed by atoms with van der Waals surface area (Å²) in [4.78, 5) is 0. The van der Waals surface area contributed by atoms with Crippen LogP contribution in [0.15, 0.2) is 27.5 Å². The molecule has 0 bridgehead atoms. The van der Waals surface area contributed by atoms with E-state index in [-0.39, 0.29) is 0 Å². The summed E-state index contributed by atoms with van der Waals surface area (Å²) in [6.07, 6.45) is 8.37. The van der Waals surface area contributed by atoms with Crippen molar-refractivity contribution < 1.29 is 0 Å². The van der Waals surface area contributed by atoms with Gasteiger partial charge in [0, 0.05) is 18.7 Å². The van der Waals surface area contributed by atoms with Crippen LogP contribution in [0.3, 0.4) is 0 Å².